The lowest BCUT2D eigenvalue weighted by Gasteiger charge is -2.17. The number of amides is 1. The van der Waals surface area contributed by atoms with Crippen LogP contribution in [0, 0.1) is 0 Å². The van der Waals surface area contributed by atoms with Gasteiger partial charge in [-0.15, -0.1) is 0 Å². The molecule has 3 rings (SSSR count). The van der Waals surface area contributed by atoms with Crippen molar-refractivity contribution in [3.05, 3.63) is 53.6 Å². The first-order chi connectivity index (χ1) is 12.7. The molecular weight excluding hydrogens is 330 g/mol. The summed E-state index contributed by atoms with van der Waals surface area (Å²) in [5, 5.41) is 4.03. The van der Waals surface area contributed by atoms with Crippen LogP contribution in [-0.4, -0.2) is 39.4 Å². The van der Waals surface area contributed by atoms with E-state index in [0.29, 0.717) is 17.1 Å². The number of nitrogens with zero attached hydrogens (tertiary/aromatic N) is 2. The van der Waals surface area contributed by atoms with Crippen molar-refractivity contribution in [3.8, 4) is 11.5 Å². The highest BCUT2D eigenvalue weighted by Crippen LogP contribution is 2.22. The zero-order valence-electron chi connectivity index (χ0n) is 15.1. The van der Waals surface area contributed by atoms with E-state index < -0.39 is 0 Å². The van der Waals surface area contributed by atoms with Gasteiger partial charge in [-0.2, -0.15) is 5.10 Å². The van der Waals surface area contributed by atoms with Gasteiger partial charge in [0.05, 0.1) is 20.4 Å². The Bertz CT molecular complexity index is 781. The van der Waals surface area contributed by atoms with Crippen molar-refractivity contribution in [1.82, 2.24) is 5.43 Å². The standard InChI is InChI=1S/C20H23N3O3/c1-25-18-9-10-19(26-2)16(13-18)14-21-22-20(24)15-5-7-17(8-6-15)23-11-3-4-12-23/h5-10,13-14H,3-4,11-12H2,1-2H3,(H,22,24)/b21-14-. The Morgan fingerprint density at radius 2 is 1.81 bits per heavy atom. The molecule has 1 fully saturated rings. The zero-order valence-corrected chi connectivity index (χ0v) is 15.1. The van der Waals surface area contributed by atoms with Crippen molar-refractivity contribution in [2.45, 2.75) is 12.8 Å². The molecule has 2 aromatic carbocycles. The first kappa shape index (κ1) is 17.8. The van der Waals surface area contributed by atoms with E-state index in [9.17, 15) is 4.79 Å². The number of nitrogens with one attached hydrogen (secondary N) is 1. The Balaban J connectivity index is 1.64. The quantitative estimate of drug-likeness (QED) is 0.640. The number of rotatable bonds is 6. The molecule has 0 aromatic heterocycles. The van der Waals surface area contributed by atoms with Crippen molar-refractivity contribution in [1.29, 1.82) is 0 Å². The van der Waals surface area contributed by atoms with E-state index in [0.717, 1.165) is 24.3 Å². The van der Waals surface area contributed by atoms with Crippen LogP contribution in [0.15, 0.2) is 47.6 Å². The van der Waals surface area contributed by atoms with Gasteiger partial charge in [-0.3, -0.25) is 4.79 Å². The van der Waals surface area contributed by atoms with Crippen LogP contribution in [0.2, 0.25) is 0 Å². The summed E-state index contributed by atoms with van der Waals surface area (Å²) < 4.78 is 10.5. The molecule has 1 heterocycles. The molecule has 1 aliphatic rings. The number of hydrogen-bond acceptors (Lipinski definition) is 5. The molecule has 1 saturated heterocycles. The van der Waals surface area contributed by atoms with Crippen molar-refractivity contribution >= 4 is 17.8 Å². The van der Waals surface area contributed by atoms with E-state index in [-0.39, 0.29) is 5.91 Å². The summed E-state index contributed by atoms with van der Waals surface area (Å²) in [6.07, 6.45) is 3.99. The third kappa shape index (κ3) is 4.14. The number of anilines is 1. The number of carbonyl (C=O) groups is 1. The van der Waals surface area contributed by atoms with Crippen molar-refractivity contribution in [3.63, 3.8) is 0 Å². The lowest BCUT2D eigenvalue weighted by molar-refractivity contribution is 0.0955. The molecule has 0 saturated carbocycles. The maximum Gasteiger partial charge on any atom is 0.271 e. The molecule has 0 aliphatic carbocycles. The molecule has 1 N–H and O–H groups in total. The number of ether oxygens (including phenoxy) is 2. The van der Waals surface area contributed by atoms with Crippen LogP contribution < -0.4 is 19.8 Å². The Hall–Kier alpha value is -3.02. The SMILES string of the molecule is COc1ccc(OC)c(/C=N\NC(=O)c2ccc(N3CCCC3)cc2)c1. The number of methoxy groups -OCH3 is 2. The molecule has 1 amide bonds. The highest BCUT2D eigenvalue weighted by Gasteiger charge is 2.13. The van der Waals surface area contributed by atoms with Crippen molar-refractivity contribution < 1.29 is 14.3 Å². The Labute approximate surface area is 153 Å². The Morgan fingerprint density at radius 3 is 2.46 bits per heavy atom. The molecule has 2 aromatic rings. The topological polar surface area (TPSA) is 63.2 Å². The van der Waals surface area contributed by atoms with E-state index in [1.54, 1.807) is 32.4 Å². The summed E-state index contributed by atoms with van der Waals surface area (Å²) in [4.78, 5) is 14.6. The van der Waals surface area contributed by atoms with Crippen LogP contribution in [0.3, 0.4) is 0 Å². The highest BCUT2D eigenvalue weighted by atomic mass is 16.5. The van der Waals surface area contributed by atoms with Gasteiger partial charge in [-0.25, -0.2) is 5.43 Å². The van der Waals surface area contributed by atoms with Crippen LogP contribution in [0.4, 0.5) is 5.69 Å². The Morgan fingerprint density at radius 1 is 1.08 bits per heavy atom. The second kappa shape index (κ2) is 8.38. The maximum absolute atomic E-state index is 12.3. The van der Waals surface area contributed by atoms with Gasteiger partial charge in [0.15, 0.2) is 0 Å². The highest BCUT2D eigenvalue weighted by molar-refractivity contribution is 5.95. The van der Waals surface area contributed by atoms with Crippen LogP contribution in [-0.2, 0) is 0 Å². The monoisotopic (exact) mass is 353 g/mol. The molecular formula is C20H23N3O3. The van der Waals surface area contributed by atoms with E-state index in [1.165, 1.54) is 19.1 Å². The summed E-state index contributed by atoms with van der Waals surface area (Å²) in [5.74, 6) is 1.09. The Kier molecular flexibility index (Phi) is 5.73. The molecule has 6 nitrogen and oxygen atoms in total. The normalized spacial score (nSPS) is 13.8. The van der Waals surface area contributed by atoms with Crippen LogP contribution >= 0.6 is 0 Å². The second-order valence-corrected chi connectivity index (χ2v) is 6.05. The summed E-state index contributed by atoms with van der Waals surface area (Å²) in [5.41, 5.74) is 4.99. The van der Waals surface area contributed by atoms with E-state index in [2.05, 4.69) is 15.4 Å². The lowest BCUT2D eigenvalue weighted by atomic mass is 10.2. The van der Waals surface area contributed by atoms with Crippen LogP contribution in [0.5, 0.6) is 11.5 Å². The predicted molar refractivity (Wildman–Crippen MR) is 102 cm³/mol. The van der Waals surface area contributed by atoms with Gasteiger partial charge in [-0.05, 0) is 55.3 Å². The molecule has 0 radical (unpaired) electrons. The largest absolute Gasteiger partial charge is 0.497 e. The fourth-order valence-corrected chi connectivity index (χ4v) is 2.96. The first-order valence-electron chi connectivity index (χ1n) is 8.61. The number of hydrogen-bond donors (Lipinski definition) is 1. The zero-order chi connectivity index (χ0) is 18.4. The smallest absolute Gasteiger partial charge is 0.271 e. The summed E-state index contributed by atoms with van der Waals surface area (Å²) in [6.45, 7) is 2.16. The molecule has 0 atom stereocenters. The third-order valence-electron chi connectivity index (χ3n) is 4.41. The minimum absolute atomic E-state index is 0.254. The predicted octanol–water partition coefficient (Wildman–Crippen LogP) is 3.07. The molecule has 0 bridgehead atoms. The van der Waals surface area contributed by atoms with Crippen molar-refractivity contribution in [2.75, 3.05) is 32.2 Å². The molecule has 0 unspecified atom stereocenters. The maximum atomic E-state index is 12.3. The van der Waals surface area contributed by atoms with Gasteiger partial charge in [0.1, 0.15) is 11.5 Å². The number of hydrazone groups is 1. The number of carbonyl (C=O) groups excluding carboxylic acids is 1. The van der Waals surface area contributed by atoms with Crippen LogP contribution in [0.25, 0.3) is 0 Å². The lowest BCUT2D eigenvalue weighted by Crippen LogP contribution is -2.19. The fraction of sp³-hybridized carbons (Fsp3) is 0.300. The average molecular weight is 353 g/mol. The van der Waals surface area contributed by atoms with E-state index in [1.807, 2.05) is 24.3 Å². The van der Waals surface area contributed by atoms with E-state index >= 15 is 0 Å². The molecule has 1 aliphatic heterocycles. The first-order valence-corrected chi connectivity index (χ1v) is 8.61. The summed E-state index contributed by atoms with van der Waals surface area (Å²) in [7, 11) is 3.18. The average Bonchev–Trinajstić information content (AvgIpc) is 3.22. The summed E-state index contributed by atoms with van der Waals surface area (Å²) in [6, 6.07) is 13.0. The third-order valence-corrected chi connectivity index (χ3v) is 4.41. The van der Waals surface area contributed by atoms with Gasteiger partial charge < -0.3 is 14.4 Å². The molecule has 26 heavy (non-hydrogen) atoms. The molecule has 0 spiro atoms. The molecule has 136 valence electrons. The van der Waals surface area contributed by atoms with Crippen LogP contribution in [0.1, 0.15) is 28.8 Å². The van der Waals surface area contributed by atoms with Gasteiger partial charge in [0.25, 0.3) is 5.91 Å². The minimum Gasteiger partial charge on any atom is -0.497 e. The summed E-state index contributed by atoms with van der Waals surface area (Å²) >= 11 is 0. The fourth-order valence-electron chi connectivity index (χ4n) is 2.96. The minimum atomic E-state index is -0.254. The van der Waals surface area contributed by atoms with Gasteiger partial charge in [-0.1, -0.05) is 0 Å². The van der Waals surface area contributed by atoms with Gasteiger partial charge >= 0.3 is 0 Å². The second-order valence-electron chi connectivity index (χ2n) is 6.05. The van der Waals surface area contributed by atoms with Gasteiger partial charge in [0.2, 0.25) is 0 Å². The molecule has 6 heteroatoms. The van der Waals surface area contributed by atoms with E-state index in [4.69, 9.17) is 9.47 Å². The van der Waals surface area contributed by atoms with Crippen molar-refractivity contribution in [2.24, 2.45) is 5.10 Å². The number of benzene rings is 2. The van der Waals surface area contributed by atoms with Gasteiger partial charge in [0, 0.05) is 29.9 Å².